The number of aliphatic hydroxyl groups is 1. The van der Waals surface area contributed by atoms with Gasteiger partial charge in [-0.05, 0) is 0 Å². The summed E-state index contributed by atoms with van der Waals surface area (Å²) in [6.07, 6.45) is 0. The molecule has 0 amide bonds. The second-order valence-electron chi connectivity index (χ2n) is 1.40. The van der Waals surface area contributed by atoms with Crippen LogP contribution in [0.15, 0.2) is 0 Å². The maximum atomic E-state index is 9.87. The molecule has 0 saturated heterocycles. The van der Waals surface area contributed by atoms with Crippen molar-refractivity contribution in [2.24, 2.45) is 0 Å². The lowest BCUT2D eigenvalue weighted by molar-refractivity contribution is -0.527. The van der Waals surface area contributed by atoms with Crippen molar-refractivity contribution >= 4 is 16.3 Å². The van der Waals surface area contributed by atoms with Gasteiger partial charge in [-0.3, -0.25) is 10.1 Å². The van der Waals surface area contributed by atoms with E-state index in [1.54, 1.807) is 0 Å². The molecule has 0 fully saturated rings. The Kier molecular flexibility index (Phi) is 4.55. The summed E-state index contributed by atoms with van der Waals surface area (Å²) in [5, 5.41) is 18.2. The number of rotatable bonds is 4. The van der Waals surface area contributed by atoms with Crippen LogP contribution in [0.1, 0.15) is 0 Å². The van der Waals surface area contributed by atoms with Crippen LogP contribution < -0.4 is 0 Å². The first-order valence-corrected chi connectivity index (χ1v) is 2.85. The summed E-state index contributed by atoms with van der Waals surface area (Å²) >= 11 is 2.54. The van der Waals surface area contributed by atoms with Crippen molar-refractivity contribution in [3.05, 3.63) is 10.1 Å². The minimum atomic E-state index is -1.02. The minimum absolute atomic E-state index is 0.122. The van der Waals surface area contributed by atoms with E-state index in [-0.39, 0.29) is 6.61 Å². The molecule has 0 aromatic heterocycles. The van der Waals surface area contributed by atoms with E-state index in [0.29, 0.717) is 0 Å². The van der Waals surface area contributed by atoms with E-state index in [1.165, 1.54) is 0 Å². The molecule has 54 valence electrons. The lowest BCUT2D eigenvalue weighted by Crippen LogP contribution is -2.27. The molecule has 0 bridgehead atoms. The SMILES string of the molecule is O=[N+]([O-])C(CO)COBr. The summed E-state index contributed by atoms with van der Waals surface area (Å²) in [6.45, 7) is -0.623. The van der Waals surface area contributed by atoms with Crippen molar-refractivity contribution in [2.75, 3.05) is 13.2 Å². The van der Waals surface area contributed by atoms with Crippen LogP contribution in [-0.2, 0) is 3.83 Å². The van der Waals surface area contributed by atoms with Crippen molar-refractivity contribution in [1.82, 2.24) is 0 Å². The number of hydrogen-bond acceptors (Lipinski definition) is 4. The summed E-state index contributed by atoms with van der Waals surface area (Å²) in [5.41, 5.74) is 0. The molecule has 9 heavy (non-hydrogen) atoms. The molecule has 0 aliphatic carbocycles. The second kappa shape index (κ2) is 4.66. The van der Waals surface area contributed by atoms with Gasteiger partial charge in [-0.25, -0.2) is 0 Å². The van der Waals surface area contributed by atoms with E-state index in [9.17, 15) is 10.1 Å². The van der Waals surface area contributed by atoms with Gasteiger partial charge in [0, 0.05) is 4.92 Å². The molecular formula is C3H6BrNO4. The Balaban J connectivity index is 3.54. The summed E-state index contributed by atoms with van der Waals surface area (Å²) in [6, 6.07) is -1.02. The lowest BCUT2D eigenvalue weighted by atomic mass is 10.4. The molecule has 0 saturated carbocycles. The zero-order chi connectivity index (χ0) is 7.28. The molecule has 0 aromatic rings. The Morgan fingerprint density at radius 2 is 2.44 bits per heavy atom. The highest BCUT2D eigenvalue weighted by molar-refractivity contribution is 9.06. The van der Waals surface area contributed by atoms with Crippen LogP contribution in [0.4, 0.5) is 0 Å². The van der Waals surface area contributed by atoms with Gasteiger partial charge in [0.2, 0.25) is 0 Å². The fourth-order valence-corrected chi connectivity index (χ4v) is 0.558. The topological polar surface area (TPSA) is 72.6 Å². The maximum Gasteiger partial charge on any atom is 0.259 e. The quantitative estimate of drug-likeness (QED) is 0.510. The molecule has 6 heteroatoms. The van der Waals surface area contributed by atoms with Gasteiger partial charge in [0.15, 0.2) is 0 Å². The van der Waals surface area contributed by atoms with Crippen LogP contribution in [0.3, 0.4) is 0 Å². The first-order chi connectivity index (χ1) is 4.22. The van der Waals surface area contributed by atoms with Crippen LogP contribution in [0.2, 0.25) is 0 Å². The average molecular weight is 200 g/mol. The third kappa shape index (κ3) is 3.39. The Morgan fingerprint density at radius 1 is 1.89 bits per heavy atom. The van der Waals surface area contributed by atoms with Gasteiger partial charge in [-0.1, -0.05) is 0 Å². The lowest BCUT2D eigenvalue weighted by Gasteiger charge is -2.01. The molecule has 1 atom stereocenters. The van der Waals surface area contributed by atoms with Crippen molar-refractivity contribution in [3.8, 4) is 0 Å². The zero-order valence-corrected chi connectivity index (χ0v) is 6.07. The number of nitrogens with zero attached hydrogens (tertiary/aromatic N) is 1. The predicted molar refractivity (Wildman–Crippen MR) is 32.7 cm³/mol. The third-order valence-electron chi connectivity index (χ3n) is 0.764. The van der Waals surface area contributed by atoms with Crippen LogP contribution in [0.25, 0.3) is 0 Å². The molecule has 0 heterocycles. The Hall–Kier alpha value is -0.200. The highest BCUT2D eigenvalue weighted by atomic mass is 79.9. The van der Waals surface area contributed by atoms with E-state index in [2.05, 4.69) is 20.1 Å². The normalized spacial score (nSPS) is 13.1. The standard InChI is InChI=1S/C3H6BrNO4/c4-9-2-3(1-6)5(7)8/h3,6H,1-2H2. The highest BCUT2D eigenvalue weighted by Gasteiger charge is 2.17. The second-order valence-corrected chi connectivity index (χ2v) is 1.86. The first kappa shape index (κ1) is 8.80. The number of aliphatic hydroxyl groups excluding tert-OH is 1. The van der Waals surface area contributed by atoms with Gasteiger partial charge in [-0.15, -0.1) is 0 Å². The summed E-state index contributed by atoms with van der Waals surface area (Å²) in [5.74, 6) is 0. The molecule has 5 nitrogen and oxygen atoms in total. The fourth-order valence-electron chi connectivity index (χ4n) is 0.253. The van der Waals surface area contributed by atoms with E-state index in [1.807, 2.05) is 0 Å². The number of halogens is 1. The summed E-state index contributed by atoms with van der Waals surface area (Å²) in [4.78, 5) is 9.27. The Morgan fingerprint density at radius 3 is 2.56 bits per heavy atom. The highest BCUT2D eigenvalue weighted by Crippen LogP contribution is 1.93. The molecule has 1 unspecified atom stereocenters. The van der Waals surface area contributed by atoms with Gasteiger partial charge in [0.1, 0.15) is 13.2 Å². The molecule has 1 N–H and O–H groups in total. The van der Waals surface area contributed by atoms with Crippen LogP contribution in [0, 0.1) is 10.1 Å². The minimum Gasteiger partial charge on any atom is -0.389 e. The Bertz CT molecular complexity index is 97.8. The van der Waals surface area contributed by atoms with Gasteiger partial charge in [0.25, 0.3) is 6.04 Å². The molecule has 0 aromatic carbocycles. The molecule has 0 radical (unpaired) electrons. The van der Waals surface area contributed by atoms with Crippen molar-refractivity contribution in [2.45, 2.75) is 6.04 Å². The van der Waals surface area contributed by atoms with Crippen LogP contribution in [-0.4, -0.2) is 29.3 Å². The van der Waals surface area contributed by atoms with Gasteiger partial charge in [0.05, 0.1) is 16.3 Å². The molecule has 0 aliphatic heterocycles. The molecule has 0 aliphatic rings. The smallest absolute Gasteiger partial charge is 0.259 e. The van der Waals surface area contributed by atoms with Crippen LogP contribution in [0.5, 0.6) is 0 Å². The first-order valence-electron chi connectivity index (χ1n) is 2.20. The molecule has 0 rings (SSSR count). The zero-order valence-electron chi connectivity index (χ0n) is 4.49. The van der Waals surface area contributed by atoms with E-state index in [4.69, 9.17) is 5.11 Å². The number of hydrogen-bond donors (Lipinski definition) is 1. The summed E-state index contributed by atoms with van der Waals surface area (Å²) < 4.78 is 4.27. The van der Waals surface area contributed by atoms with E-state index >= 15 is 0 Å². The van der Waals surface area contributed by atoms with E-state index < -0.39 is 17.6 Å². The third-order valence-corrected chi connectivity index (χ3v) is 1.03. The van der Waals surface area contributed by atoms with Crippen LogP contribution >= 0.6 is 16.3 Å². The van der Waals surface area contributed by atoms with Gasteiger partial charge in [-0.2, -0.15) is 0 Å². The monoisotopic (exact) mass is 199 g/mol. The fraction of sp³-hybridized carbons (Fsp3) is 1.00. The molecular weight excluding hydrogens is 194 g/mol. The maximum absolute atomic E-state index is 9.87. The number of nitro groups is 1. The summed E-state index contributed by atoms with van der Waals surface area (Å²) in [7, 11) is 0. The van der Waals surface area contributed by atoms with Crippen molar-refractivity contribution < 1.29 is 13.9 Å². The predicted octanol–water partition coefficient (Wildman–Crippen LogP) is -0.0495. The Labute approximate surface area is 60.2 Å². The van der Waals surface area contributed by atoms with E-state index in [0.717, 1.165) is 0 Å². The van der Waals surface area contributed by atoms with Crippen molar-refractivity contribution in [1.29, 1.82) is 0 Å². The average Bonchev–Trinajstić information content (AvgIpc) is 1.82. The van der Waals surface area contributed by atoms with Gasteiger partial charge < -0.3 is 8.93 Å². The van der Waals surface area contributed by atoms with Gasteiger partial charge >= 0.3 is 0 Å². The van der Waals surface area contributed by atoms with Crippen molar-refractivity contribution in [3.63, 3.8) is 0 Å². The molecule has 0 spiro atoms. The largest absolute Gasteiger partial charge is 0.389 e.